The zero-order valence-electron chi connectivity index (χ0n) is 6.69. The Morgan fingerprint density at radius 3 is 3.17 bits per heavy atom. The van der Waals surface area contributed by atoms with Crippen LogP contribution in [0.3, 0.4) is 0 Å². The van der Waals surface area contributed by atoms with E-state index in [0.717, 1.165) is 18.8 Å². The molecule has 0 unspecified atom stereocenters. The first-order valence-corrected chi connectivity index (χ1v) is 4.90. The molecule has 1 saturated heterocycles. The van der Waals surface area contributed by atoms with Crippen LogP contribution in [0.15, 0.2) is 10.9 Å². The van der Waals surface area contributed by atoms with E-state index in [9.17, 15) is 4.79 Å². The summed E-state index contributed by atoms with van der Waals surface area (Å²) in [5.74, 6) is 0.352. The number of likely N-dealkylation sites (tertiary alicyclic amines) is 1. The van der Waals surface area contributed by atoms with Crippen LogP contribution in [0, 0.1) is 0 Å². The number of carbonyl (C=O) groups excluding carboxylic acids is 1. The Kier molecular flexibility index (Phi) is 2.19. The molecule has 0 bridgehead atoms. The molecule has 1 fully saturated rings. The third kappa shape index (κ3) is 1.70. The number of aromatic nitrogens is 1. The lowest BCUT2D eigenvalue weighted by atomic mass is 10.4. The van der Waals surface area contributed by atoms with Gasteiger partial charge < -0.3 is 0 Å². The lowest BCUT2D eigenvalue weighted by Crippen LogP contribution is -2.20. The van der Waals surface area contributed by atoms with Crippen molar-refractivity contribution in [2.75, 3.05) is 13.1 Å². The number of carbonyl (C=O) groups is 1. The fourth-order valence-electron chi connectivity index (χ4n) is 1.37. The second-order valence-corrected chi connectivity index (χ2v) is 3.70. The minimum Gasteiger partial charge on any atom is -0.298 e. The van der Waals surface area contributed by atoms with Gasteiger partial charge in [-0.25, -0.2) is 4.98 Å². The summed E-state index contributed by atoms with van der Waals surface area (Å²) in [5.41, 5.74) is 2.91. The van der Waals surface area contributed by atoms with Gasteiger partial charge in [-0.15, -0.1) is 11.3 Å². The summed E-state index contributed by atoms with van der Waals surface area (Å²) in [6, 6.07) is 0. The Hall–Kier alpha value is -0.740. The molecule has 1 aliphatic heterocycles. The van der Waals surface area contributed by atoms with Gasteiger partial charge in [0.15, 0.2) is 0 Å². The molecule has 3 nitrogen and oxygen atoms in total. The van der Waals surface area contributed by atoms with E-state index in [1.807, 2.05) is 10.9 Å². The molecule has 2 heterocycles. The van der Waals surface area contributed by atoms with Gasteiger partial charge in [-0.1, -0.05) is 0 Å². The molecule has 0 spiro atoms. The van der Waals surface area contributed by atoms with E-state index in [0.29, 0.717) is 18.7 Å². The molecule has 0 amide bonds. The molecule has 1 aliphatic rings. The molecule has 2 rings (SSSR count). The molecule has 12 heavy (non-hydrogen) atoms. The SMILES string of the molecule is O=C1CCN(Cc2cscn2)C1. The Balaban J connectivity index is 1.92. The van der Waals surface area contributed by atoms with Crippen LogP contribution in [0.2, 0.25) is 0 Å². The zero-order valence-corrected chi connectivity index (χ0v) is 7.51. The summed E-state index contributed by atoms with van der Waals surface area (Å²) in [6.45, 7) is 2.34. The maximum atomic E-state index is 10.9. The Labute approximate surface area is 75.0 Å². The third-order valence-corrected chi connectivity index (χ3v) is 2.61. The average molecular weight is 182 g/mol. The van der Waals surface area contributed by atoms with Crippen LogP contribution in [0.5, 0.6) is 0 Å². The largest absolute Gasteiger partial charge is 0.298 e. The van der Waals surface area contributed by atoms with Crippen molar-refractivity contribution in [2.24, 2.45) is 0 Å². The molecule has 0 N–H and O–H groups in total. The number of hydrogen-bond donors (Lipinski definition) is 0. The predicted octanol–water partition coefficient (Wildman–Crippen LogP) is 0.918. The Bertz CT molecular complexity index is 271. The van der Waals surface area contributed by atoms with E-state index in [2.05, 4.69) is 9.88 Å². The number of hydrogen-bond acceptors (Lipinski definition) is 4. The summed E-state index contributed by atoms with van der Waals surface area (Å²) < 4.78 is 0. The molecule has 1 aromatic heterocycles. The standard InChI is InChI=1S/C8H10N2OS/c11-8-1-2-10(4-8)3-7-5-12-6-9-7/h5-6H,1-4H2. The fraction of sp³-hybridized carbons (Fsp3) is 0.500. The van der Waals surface area contributed by atoms with Crippen LogP contribution < -0.4 is 0 Å². The highest BCUT2D eigenvalue weighted by Gasteiger charge is 2.19. The van der Waals surface area contributed by atoms with Crippen LogP contribution >= 0.6 is 11.3 Å². The lowest BCUT2D eigenvalue weighted by molar-refractivity contribution is -0.116. The second kappa shape index (κ2) is 3.33. The van der Waals surface area contributed by atoms with Crippen LogP contribution in [0.25, 0.3) is 0 Å². The van der Waals surface area contributed by atoms with Crippen molar-refractivity contribution in [1.82, 2.24) is 9.88 Å². The first kappa shape index (κ1) is 7.89. The van der Waals surface area contributed by atoms with Crippen LogP contribution in [-0.4, -0.2) is 28.8 Å². The topological polar surface area (TPSA) is 33.2 Å². The van der Waals surface area contributed by atoms with Gasteiger partial charge in [-0.3, -0.25) is 9.69 Å². The zero-order chi connectivity index (χ0) is 8.39. The van der Waals surface area contributed by atoms with Gasteiger partial charge in [0, 0.05) is 24.9 Å². The van der Waals surface area contributed by atoms with Gasteiger partial charge in [0.25, 0.3) is 0 Å². The first-order chi connectivity index (χ1) is 5.84. The summed E-state index contributed by atoms with van der Waals surface area (Å²) in [6.07, 6.45) is 0.712. The van der Waals surface area contributed by atoms with E-state index in [-0.39, 0.29) is 0 Å². The highest BCUT2D eigenvalue weighted by Crippen LogP contribution is 2.10. The quantitative estimate of drug-likeness (QED) is 0.682. The van der Waals surface area contributed by atoms with Gasteiger partial charge in [-0.05, 0) is 0 Å². The molecular formula is C8H10N2OS. The highest BCUT2D eigenvalue weighted by atomic mass is 32.1. The molecule has 4 heteroatoms. The predicted molar refractivity (Wildman–Crippen MR) is 47.0 cm³/mol. The highest BCUT2D eigenvalue weighted by molar-refractivity contribution is 7.07. The normalized spacial score (nSPS) is 18.8. The number of rotatable bonds is 2. The fourth-order valence-corrected chi connectivity index (χ4v) is 1.92. The van der Waals surface area contributed by atoms with Crippen molar-refractivity contribution in [3.05, 3.63) is 16.6 Å². The average Bonchev–Trinajstić information content (AvgIpc) is 2.63. The minimum atomic E-state index is 0.352. The van der Waals surface area contributed by atoms with Gasteiger partial charge >= 0.3 is 0 Å². The molecule has 0 atom stereocenters. The summed E-state index contributed by atoms with van der Waals surface area (Å²) in [4.78, 5) is 17.2. The van der Waals surface area contributed by atoms with Crippen LogP contribution in [0.1, 0.15) is 12.1 Å². The van der Waals surface area contributed by atoms with E-state index < -0.39 is 0 Å². The minimum absolute atomic E-state index is 0.352. The van der Waals surface area contributed by atoms with Gasteiger partial charge in [0.1, 0.15) is 5.78 Å². The molecule has 1 aromatic rings. The van der Waals surface area contributed by atoms with Crippen molar-refractivity contribution in [1.29, 1.82) is 0 Å². The lowest BCUT2D eigenvalue weighted by Gasteiger charge is -2.10. The molecule has 0 aliphatic carbocycles. The summed E-state index contributed by atoms with van der Waals surface area (Å²) in [7, 11) is 0. The Morgan fingerprint density at radius 2 is 2.58 bits per heavy atom. The third-order valence-electron chi connectivity index (χ3n) is 1.98. The van der Waals surface area contributed by atoms with Gasteiger partial charge in [-0.2, -0.15) is 0 Å². The molecule has 0 saturated carbocycles. The monoisotopic (exact) mass is 182 g/mol. The molecule has 0 aromatic carbocycles. The van der Waals surface area contributed by atoms with Gasteiger partial charge in [0.2, 0.25) is 0 Å². The Morgan fingerprint density at radius 1 is 1.67 bits per heavy atom. The maximum absolute atomic E-state index is 10.9. The number of nitrogens with zero attached hydrogens (tertiary/aromatic N) is 2. The van der Waals surface area contributed by atoms with Crippen molar-refractivity contribution in [3.8, 4) is 0 Å². The second-order valence-electron chi connectivity index (χ2n) is 2.98. The molecule has 0 radical (unpaired) electrons. The van der Waals surface area contributed by atoms with Crippen molar-refractivity contribution in [2.45, 2.75) is 13.0 Å². The molecule has 64 valence electrons. The van der Waals surface area contributed by atoms with Crippen molar-refractivity contribution < 1.29 is 4.79 Å². The van der Waals surface area contributed by atoms with Gasteiger partial charge in [0.05, 0.1) is 17.7 Å². The number of thiazole rings is 1. The number of Topliss-reactive ketones (excluding diaryl/α,β-unsaturated/α-hetero) is 1. The first-order valence-electron chi connectivity index (χ1n) is 3.96. The van der Waals surface area contributed by atoms with Crippen LogP contribution in [-0.2, 0) is 11.3 Å². The number of ketones is 1. The molecular weight excluding hydrogens is 172 g/mol. The van der Waals surface area contributed by atoms with Crippen molar-refractivity contribution in [3.63, 3.8) is 0 Å². The maximum Gasteiger partial charge on any atom is 0.148 e. The van der Waals surface area contributed by atoms with E-state index in [1.165, 1.54) is 0 Å². The van der Waals surface area contributed by atoms with Crippen molar-refractivity contribution >= 4 is 17.1 Å². The smallest absolute Gasteiger partial charge is 0.148 e. The summed E-state index contributed by atoms with van der Waals surface area (Å²) in [5, 5.41) is 2.03. The van der Waals surface area contributed by atoms with E-state index in [4.69, 9.17) is 0 Å². The summed E-state index contributed by atoms with van der Waals surface area (Å²) >= 11 is 1.60. The van der Waals surface area contributed by atoms with E-state index in [1.54, 1.807) is 11.3 Å². The van der Waals surface area contributed by atoms with E-state index >= 15 is 0 Å². The van der Waals surface area contributed by atoms with Crippen LogP contribution in [0.4, 0.5) is 0 Å².